The van der Waals surface area contributed by atoms with Crippen molar-refractivity contribution < 1.29 is 22.7 Å². The molecule has 0 saturated carbocycles. The molecule has 1 atom stereocenters. The summed E-state index contributed by atoms with van der Waals surface area (Å²) in [7, 11) is -3.82. The number of sulfonamides is 1. The molecular weight excluding hydrogens is 525 g/mol. The van der Waals surface area contributed by atoms with Gasteiger partial charge in [-0.3, -0.25) is 13.9 Å². The summed E-state index contributed by atoms with van der Waals surface area (Å²) in [4.78, 5) is 28.0. The monoisotopic (exact) mass is 557 g/mol. The number of hydrogen-bond acceptors (Lipinski definition) is 5. The predicted octanol–water partition coefficient (Wildman–Crippen LogP) is 4.49. The molecule has 0 aliphatic carbocycles. The predicted molar refractivity (Wildman–Crippen MR) is 144 cm³/mol. The molecule has 0 spiro atoms. The largest absolute Gasteiger partial charge is 0.494 e. The number of hydrogen-bond donors (Lipinski definition) is 1. The van der Waals surface area contributed by atoms with E-state index in [2.05, 4.69) is 5.32 Å². The topological polar surface area (TPSA) is 96.0 Å². The van der Waals surface area contributed by atoms with Gasteiger partial charge in [-0.25, -0.2) is 8.42 Å². The molecule has 11 heteroatoms. The number of rotatable bonds is 13. The SMILES string of the molecule is CCCNC(=O)[C@H](CC)N(Cc1ccc(Cl)c(Cl)c1)C(=O)CN(c1ccc(OCC)cc1)S(C)(=O)=O. The van der Waals surface area contributed by atoms with Crippen molar-refractivity contribution >= 4 is 50.7 Å². The molecule has 0 heterocycles. The van der Waals surface area contributed by atoms with Crippen LogP contribution in [0.1, 0.15) is 39.2 Å². The number of nitrogens with one attached hydrogen (secondary N) is 1. The standard InChI is InChI=1S/C25H33Cl2N3O5S/c1-5-14-28-25(32)23(6-2)29(16-18-8-13-21(26)22(27)15-18)24(31)17-30(36(4,33)34)19-9-11-20(12-10-19)35-7-3/h8-13,15,23H,5-7,14,16-17H2,1-4H3,(H,28,32)/t23-/m0/s1. The van der Waals surface area contributed by atoms with E-state index in [0.717, 1.165) is 17.0 Å². The Morgan fingerprint density at radius 3 is 2.22 bits per heavy atom. The number of halogens is 2. The molecule has 0 saturated heterocycles. The summed E-state index contributed by atoms with van der Waals surface area (Å²) in [5.74, 6) is -0.250. The highest BCUT2D eigenvalue weighted by molar-refractivity contribution is 7.92. The lowest BCUT2D eigenvalue weighted by molar-refractivity contribution is -0.140. The third kappa shape index (κ3) is 8.28. The molecule has 36 heavy (non-hydrogen) atoms. The Morgan fingerprint density at radius 2 is 1.69 bits per heavy atom. The fraction of sp³-hybridized carbons (Fsp3) is 0.440. The van der Waals surface area contributed by atoms with Crippen LogP contribution in [0.5, 0.6) is 5.75 Å². The first-order valence-corrected chi connectivity index (χ1v) is 14.3. The van der Waals surface area contributed by atoms with E-state index in [0.29, 0.717) is 46.6 Å². The van der Waals surface area contributed by atoms with E-state index in [9.17, 15) is 18.0 Å². The normalized spacial score (nSPS) is 12.1. The number of anilines is 1. The molecule has 8 nitrogen and oxygen atoms in total. The molecule has 2 aromatic rings. The number of carbonyl (C=O) groups is 2. The maximum Gasteiger partial charge on any atom is 0.244 e. The van der Waals surface area contributed by atoms with E-state index in [-0.39, 0.29) is 12.5 Å². The Kier molecular flexibility index (Phi) is 11.3. The fourth-order valence-corrected chi connectivity index (χ4v) is 4.78. The van der Waals surface area contributed by atoms with E-state index >= 15 is 0 Å². The fourth-order valence-electron chi connectivity index (χ4n) is 3.61. The molecule has 198 valence electrons. The van der Waals surface area contributed by atoms with Crippen LogP contribution in [-0.4, -0.2) is 57.1 Å². The summed E-state index contributed by atoms with van der Waals surface area (Å²) >= 11 is 12.2. The van der Waals surface area contributed by atoms with Gasteiger partial charge in [0.25, 0.3) is 0 Å². The van der Waals surface area contributed by atoms with Crippen LogP contribution < -0.4 is 14.4 Å². The number of amides is 2. The van der Waals surface area contributed by atoms with Crippen LogP contribution >= 0.6 is 23.2 Å². The molecule has 0 aromatic heterocycles. The van der Waals surface area contributed by atoms with Crippen molar-refractivity contribution in [2.24, 2.45) is 0 Å². The Balaban J connectivity index is 2.42. The Bertz CT molecular complexity index is 1140. The average Bonchev–Trinajstić information content (AvgIpc) is 2.83. The van der Waals surface area contributed by atoms with Crippen molar-refractivity contribution in [2.45, 2.75) is 46.2 Å². The Hall–Kier alpha value is -2.49. The molecular formula is C25H33Cl2N3O5S. The van der Waals surface area contributed by atoms with Gasteiger partial charge in [-0.1, -0.05) is 43.1 Å². The first-order chi connectivity index (χ1) is 17.0. The van der Waals surface area contributed by atoms with Crippen LogP contribution in [0.3, 0.4) is 0 Å². The van der Waals surface area contributed by atoms with Gasteiger partial charge < -0.3 is 15.0 Å². The molecule has 2 aromatic carbocycles. The van der Waals surface area contributed by atoms with Gasteiger partial charge >= 0.3 is 0 Å². The van der Waals surface area contributed by atoms with Gasteiger partial charge in [0, 0.05) is 13.1 Å². The highest BCUT2D eigenvalue weighted by Crippen LogP contribution is 2.25. The second-order valence-corrected chi connectivity index (χ2v) is 10.9. The Morgan fingerprint density at radius 1 is 1.03 bits per heavy atom. The molecule has 0 aliphatic rings. The van der Waals surface area contributed by atoms with E-state index in [1.165, 1.54) is 4.90 Å². The molecule has 2 amide bonds. The van der Waals surface area contributed by atoms with Crippen molar-refractivity contribution in [3.8, 4) is 5.75 Å². The van der Waals surface area contributed by atoms with E-state index < -0.39 is 28.5 Å². The molecule has 0 radical (unpaired) electrons. The summed E-state index contributed by atoms with van der Waals surface area (Å²) < 4.78 is 31.8. The minimum Gasteiger partial charge on any atom is -0.494 e. The summed E-state index contributed by atoms with van der Waals surface area (Å²) in [5.41, 5.74) is 0.971. The van der Waals surface area contributed by atoms with Crippen LogP contribution in [-0.2, 0) is 26.2 Å². The van der Waals surface area contributed by atoms with Gasteiger partial charge in [0.2, 0.25) is 21.8 Å². The number of ether oxygens (including phenoxy) is 1. The molecule has 0 unspecified atom stereocenters. The van der Waals surface area contributed by atoms with Crippen molar-refractivity contribution in [1.29, 1.82) is 0 Å². The molecule has 1 N–H and O–H groups in total. The summed E-state index contributed by atoms with van der Waals surface area (Å²) in [6, 6.07) is 10.6. The number of nitrogens with zero attached hydrogens (tertiary/aromatic N) is 2. The smallest absolute Gasteiger partial charge is 0.244 e. The molecule has 2 rings (SSSR count). The zero-order valence-corrected chi connectivity index (χ0v) is 23.3. The first kappa shape index (κ1) is 29.7. The highest BCUT2D eigenvalue weighted by atomic mass is 35.5. The van der Waals surface area contributed by atoms with Crippen LogP contribution in [0.25, 0.3) is 0 Å². The lowest BCUT2D eigenvalue weighted by Crippen LogP contribution is -2.52. The van der Waals surface area contributed by atoms with Gasteiger partial charge in [-0.05, 0) is 61.7 Å². The quantitative estimate of drug-likeness (QED) is 0.391. The van der Waals surface area contributed by atoms with Gasteiger partial charge in [0.15, 0.2) is 0 Å². The lowest BCUT2D eigenvalue weighted by atomic mass is 10.1. The first-order valence-electron chi connectivity index (χ1n) is 11.7. The molecule has 0 bridgehead atoms. The zero-order chi connectivity index (χ0) is 26.9. The van der Waals surface area contributed by atoms with Gasteiger partial charge in [0.05, 0.1) is 28.6 Å². The summed E-state index contributed by atoms with van der Waals surface area (Å²) in [6.07, 6.45) is 2.11. The lowest BCUT2D eigenvalue weighted by Gasteiger charge is -2.33. The van der Waals surface area contributed by atoms with Gasteiger partial charge in [-0.15, -0.1) is 0 Å². The molecule has 0 aliphatic heterocycles. The van der Waals surface area contributed by atoms with Crippen molar-refractivity contribution in [3.63, 3.8) is 0 Å². The van der Waals surface area contributed by atoms with E-state index in [1.54, 1.807) is 49.4 Å². The third-order valence-corrected chi connectivity index (χ3v) is 7.27. The minimum atomic E-state index is -3.82. The second kappa shape index (κ2) is 13.7. The van der Waals surface area contributed by atoms with Crippen LogP contribution in [0, 0.1) is 0 Å². The number of benzene rings is 2. The maximum atomic E-state index is 13.6. The average molecular weight is 559 g/mol. The zero-order valence-electron chi connectivity index (χ0n) is 21.0. The maximum absolute atomic E-state index is 13.6. The van der Waals surface area contributed by atoms with Crippen LogP contribution in [0.2, 0.25) is 10.0 Å². The van der Waals surface area contributed by atoms with E-state index in [1.807, 2.05) is 13.8 Å². The Labute approximate surface area is 223 Å². The second-order valence-electron chi connectivity index (χ2n) is 8.18. The number of carbonyl (C=O) groups excluding carboxylic acids is 2. The van der Waals surface area contributed by atoms with Crippen molar-refractivity contribution in [1.82, 2.24) is 10.2 Å². The van der Waals surface area contributed by atoms with Crippen molar-refractivity contribution in [2.75, 3.05) is 30.3 Å². The third-order valence-electron chi connectivity index (χ3n) is 5.39. The van der Waals surface area contributed by atoms with Crippen LogP contribution in [0.15, 0.2) is 42.5 Å². The summed E-state index contributed by atoms with van der Waals surface area (Å²) in [6.45, 7) is 6.08. The van der Waals surface area contributed by atoms with Gasteiger partial charge in [0.1, 0.15) is 18.3 Å². The van der Waals surface area contributed by atoms with E-state index in [4.69, 9.17) is 27.9 Å². The minimum absolute atomic E-state index is 0.0503. The van der Waals surface area contributed by atoms with Crippen molar-refractivity contribution in [3.05, 3.63) is 58.1 Å². The molecule has 0 fully saturated rings. The highest BCUT2D eigenvalue weighted by Gasteiger charge is 2.31. The van der Waals surface area contributed by atoms with Crippen LogP contribution in [0.4, 0.5) is 5.69 Å². The van der Waals surface area contributed by atoms with Gasteiger partial charge in [-0.2, -0.15) is 0 Å². The summed E-state index contributed by atoms with van der Waals surface area (Å²) in [5, 5.41) is 3.52.